The molecule has 0 saturated carbocycles. The second kappa shape index (κ2) is 30.1. The Hall–Kier alpha value is -14.2. The van der Waals surface area contributed by atoms with Gasteiger partial charge in [-0.25, -0.2) is 29.9 Å². The summed E-state index contributed by atoms with van der Waals surface area (Å²) < 4.78 is 0. The number of nitrogens with zero attached hydrogens (tertiary/aromatic N) is 6. The van der Waals surface area contributed by atoms with Crippen molar-refractivity contribution >= 4 is 82.8 Å². The normalized spacial score (nSPS) is 11.2. The van der Waals surface area contributed by atoms with Crippen LogP contribution in [0.4, 0.5) is 0 Å². The molecular weight excluding hydrogens is 1410 g/mol. The standard InChI is InChI=1S/3C32H24N2O3.Al/c3*1-18-24(16-21-10-6-12-27(36)31(21)33-18)29-23(20-8-4-3-5-9-20)14-15-26(35)30(29)25-17-22-11-7-13-28(37)32(22)34-19(25)2;/h3*3-17,35-37H,1-2H3;/q;;;+3/p-3. The van der Waals surface area contributed by atoms with E-state index in [9.17, 15) is 46.0 Å². The van der Waals surface area contributed by atoms with Crippen LogP contribution in [0.15, 0.2) is 273 Å². The van der Waals surface area contributed by atoms with Gasteiger partial charge in [0, 0.05) is 99.9 Å². The van der Waals surface area contributed by atoms with Crippen LogP contribution < -0.4 is 15.3 Å². The number of pyridine rings is 6. The number of phenolic OH excluding ortho intramolecular Hbond substituents is 6. The minimum absolute atomic E-state index is 0. The first kappa shape index (κ1) is 73.3. The van der Waals surface area contributed by atoms with Crippen LogP contribution >= 0.6 is 0 Å². The van der Waals surface area contributed by atoms with Crippen LogP contribution in [0.2, 0.25) is 0 Å². The van der Waals surface area contributed by atoms with Crippen LogP contribution in [0.3, 0.4) is 0 Å². The average Bonchev–Trinajstić information content (AvgIpc) is 0.754. The van der Waals surface area contributed by atoms with Crippen molar-refractivity contribution in [1.82, 2.24) is 29.9 Å². The number of hydrogen-bond acceptors (Lipinski definition) is 15. The molecule has 0 radical (unpaired) electrons. The zero-order valence-corrected chi connectivity index (χ0v) is 62.8. The summed E-state index contributed by atoms with van der Waals surface area (Å²) in [5.74, 6) is 0.248. The van der Waals surface area contributed by atoms with E-state index in [-0.39, 0.29) is 69.1 Å². The molecule has 16 heteroatoms. The number of rotatable bonds is 9. The van der Waals surface area contributed by atoms with E-state index in [4.69, 9.17) is 15.0 Å². The van der Waals surface area contributed by atoms with E-state index in [1.807, 2.05) is 224 Å². The average molecular weight is 1480 g/mol. The summed E-state index contributed by atoms with van der Waals surface area (Å²) in [6, 6.07) is 83.6. The molecule has 6 N–H and O–H groups in total. The van der Waals surface area contributed by atoms with Crippen molar-refractivity contribution in [1.29, 1.82) is 0 Å². The first-order valence-corrected chi connectivity index (χ1v) is 36.0. The minimum Gasteiger partial charge on any atom is -0.872 e. The molecule has 540 valence electrons. The van der Waals surface area contributed by atoms with Crippen molar-refractivity contribution in [2.45, 2.75) is 41.5 Å². The van der Waals surface area contributed by atoms with Crippen molar-refractivity contribution in [2.24, 2.45) is 0 Å². The summed E-state index contributed by atoms with van der Waals surface area (Å²) in [7, 11) is 0. The molecule has 12 aromatic carbocycles. The van der Waals surface area contributed by atoms with E-state index in [1.54, 1.807) is 91.0 Å². The molecule has 112 heavy (non-hydrogen) atoms. The van der Waals surface area contributed by atoms with Gasteiger partial charge in [0.25, 0.3) is 0 Å². The Morgan fingerprint density at radius 2 is 0.375 bits per heavy atom. The molecule has 0 aliphatic rings. The molecule has 0 bridgehead atoms. The predicted octanol–water partition coefficient (Wildman–Crippen LogP) is 20.3. The van der Waals surface area contributed by atoms with Crippen molar-refractivity contribution in [3.63, 3.8) is 0 Å². The number of hydrogen-bond donors (Lipinski definition) is 6. The zero-order chi connectivity index (χ0) is 77.0. The summed E-state index contributed by atoms with van der Waals surface area (Å²) in [4.78, 5) is 28.2. The van der Waals surface area contributed by atoms with E-state index in [0.29, 0.717) is 101 Å². The number of para-hydroxylation sites is 6. The van der Waals surface area contributed by atoms with Crippen LogP contribution in [0, 0.1) is 41.5 Å². The van der Waals surface area contributed by atoms with Gasteiger partial charge in [-0.2, -0.15) is 0 Å². The van der Waals surface area contributed by atoms with Crippen LogP contribution in [0.25, 0.3) is 166 Å². The van der Waals surface area contributed by atoms with E-state index in [2.05, 4.69) is 15.0 Å². The first-order chi connectivity index (χ1) is 53.8. The second-order valence-electron chi connectivity index (χ2n) is 27.5. The fraction of sp³-hybridized carbons (Fsp3) is 0.0625. The maximum absolute atomic E-state index is 13.6. The molecule has 0 aliphatic heterocycles. The monoisotopic (exact) mass is 1480 g/mol. The molecule has 0 amide bonds. The Balaban J connectivity index is 0.000000132. The molecule has 18 aromatic rings. The predicted molar refractivity (Wildman–Crippen MR) is 443 cm³/mol. The van der Waals surface area contributed by atoms with E-state index >= 15 is 0 Å². The maximum Gasteiger partial charge on any atom is 3.00 e. The van der Waals surface area contributed by atoms with Gasteiger partial charge in [-0.15, -0.1) is 17.2 Å². The molecule has 15 nitrogen and oxygen atoms in total. The smallest absolute Gasteiger partial charge is 0.872 e. The third-order valence-corrected chi connectivity index (χ3v) is 20.5. The SMILES string of the molecule is Cc1nc2c(O)cccc2cc1-c1c([O-])ccc(-c2ccccc2)c1-c1cc2cccc(O)c2nc1C.Cc1nc2c(O)cccc2cc1-c1c([O-])ccc(-c2ccccc2)c1-c1cc2cccc(O)c2nc1C.Cc1nc2c(O)cccc2cc1-c1c([O-])ccc(-c2ccccc2)c1-c1cc2cccc(O)c2nc1C.[Al+3]. The van der Waals surface area contributed by atoms with Crippen LogP contribution in [0.1, 0.15) is 34.2 Å². The van der Waals surface area contributed by atoms with Crippen molar-refractivity contribution in [3.05, 3.63) is 307 Å². The van der Waals surface area contributed by atoms with Gasteiger partial charge < -0.3 is 46.0 Å². The fourth-order valence-electron chi connectivity index (χ4n) is 15.1. The Morgan fingerprint density at radius 1 is 0.196 bits per heavy atom. The Labute approximate surface area is 655 Å². The molecule has 6 aromatic heterocycles. The van der Waals surface area contributed by atoms with E-state index in [0.717, 1.165) is 99.1 Å². The van der Waals surface area contributed by atoms with Crippen molar-refractivity contribution in [2.75, 3.05) is 0 Å². The van der Waals surface area contributed by atoms with Crippen molar-refractivity contribution in [3.8, 4) is 152 Å². The molecule has 6 heterocycles. The molecule has 0 spiro atoms. The van der Waals surface area contributed by atoms with Gasteiger partial charge in [0.15, 0.2) is 0 Å². The summed E-state index contributed by atoms with van der Waals surface area (Å²) in [6.07, 6.45) is 0. The Bertz CT molecular complexity index is 6140. The number of fused-ring (bicyclic) bond motifs is 6. The molecule has 0 atom stereocenters. The van der Waals surface area contributed by atoms with Gasteiger partial charge in [-0.05, 0) is 181 Å². The third kappa shape index (κ3) is 13.5. The Kier molecular flexibility index (Phi) is 19.7. The number of phenols is 6. The number of aromatic nitrogens is 6. The van der Waals surface area contributed by atoms with E-state index in [1.165, 1.54) is 0 Å². The maximum atomic E-state index is 13.6. The molecular formula is C96H69AlN6O9. The van der Waals surface area contributed by atoms with Gasteiger partial charge in [-0.3, -0.25) is 0 Å². The van der Waals surface area contributed by atoms with Gasteiger partial charge in [0.05, 0.1) is 0 Å². The van der Waals surface area contributed by atoms with E-state index < -0.39 is 0 Å². The summed E-state index contributed by atoms with van der Waals surface area (Å²) in [5, 5.41) is 108. The molecule has 0 unspecified atom stereocenters. The van der Waals surface area contributed by atoms with Crippen LogP contribution in [-0.2, 0) is 0 Å². The number of benzene rings is 12. The first-order valence-electron chi connectivity index (χ1n) is 36.0. The molecule has 0 fully saturated rings. The number of aromatic hydroxyl groups is 6. The molecule has 18 rings (SSSR count). The quantitative estimate of drug-likeness (QED) is 0.0734. The van der Waals surface area contributed by atoms with Gasteiger partial charge in [-0.1, -0.05) is 200 Å². The number of aryl methyl sites for hydroxylation is 6. The largest absolute Gasteiger partial charge is 3.00 e. The molecule has 0 aliphatic carbocycles. The zero-order valence-electron chi connectivity index (χ0n) is 61.6. The van der Waals surface area contributed by atoms with Crippen LogP contribution in [0.5, 0.6) is 51.7 Å². The van der Waals surface area contributed by atoms with Gasteiger partial charge in [0.1, 0.15) is 67.6 Å². The van der Waals surface area contributed by atoms with Crippen molar-refractivity contribution < 1.29 is 46.0 Å². The van der Waals surface area contributed by atoms with Gasteiger partial charge >= 0.3 is 17.4 Å². The molecule has 0 saturated heterocycles. The minimum atomic E-state index is -0.130. The second-order valence-corrected chi connectivity index (χ2v) is 27.5. The fourth-order valence-corrected chi connectivity index (χ4v) is 15.1. The third-order valence-electron chi connectivity index (χ3n) is 20.5. The summed E-state index contributed by atoms with van der Waals surface area (Å²) in [6.45, 7) is 11.2. The summed E-state index contributed by atoms with van der Waals surface area (Å²) >= 11 is 0. The summed E-state index contributed by atoms with van der Waals surface area (Å²) in [5.41, 5.74) is 21.0. The topological polar surface area (TPSA) is 268 Å². The van der Waals surface area contributed by atoms with Crippen LogP contribution in [-0.4, -0.2) is 77.9 Å². The van der Waals surface area contributed by atoms with Gasteiger partial charge in [0.2, 0.25) is 0 Å². The Morgan fingerprint density at radius 3 is 0.562 bits per heavy atom.